The summed E-state index contributed by atoms with van der Waals surface area (Å²) in [5, 5.41) is 3.22. The fourth-order valence-electron chi connectivity index (χ4n) is 2.48. The minimum absolute atomic E-state index is 0.567. The predicted octanol–water partition coefficient (Wildman–Crippen LogP) is 7.01. The van der Waals surface area contributed by atoms with E-state index in [0.29, 0.717) is 5.92 Å². The van der Waals surface area contributed by atoms with Crippen molar-refractivity contribution in [3.05, 3.63) is 40.5 Å². The average Bonchev–Trinajstić information content (AvgIpc) is 2.49. The number of unbranched alkanes of at least 4 members (excludes halogenated alkanes) is 1. The van der Waals surface area contributed by atoms with Crippen molar-refractivity contribution in [3.63, 3.8) is 0 Å². The maximum atomic E-state index is 3.22. The fourth-order valence-corrected chi connectivity index (χ4v) is 3.24. The molecule has 0 atom stereocenters. The molecule has 0 aliphatic carbocycles. The SMILES string of the molecule is CCC#CSC(=C(C)C)c1ccc(CCCC)c(C(C)C)c1. The van der Waals surface area contributed by atoms with Gasteiger partial charge in [0.05, 0.1) is 0 Å². The number of hydrogen-bond donors (Lipinski definition) is 0. The Hall–Kier alpha value is -1.13. The summed E-state index contributed by atoms with van der Waals surface area (Å²) in [6, 6.07) is 7.00. The Kier molecular flexibility index (Phi) is 8.43. The molecule has 0 aromatic heterocycles. The molecule has 0 nitrogen and oxygen atoms in total. The molecular formula is C21H30S. The Bertz CT molecular complexity index is 563. The maximum Gasteiger partial charge on any atom is 0.0262 e. The van der Waals surface area contributed by atoms with Crippen LogP contribution in [0.5, 0.6) is 0 Å². The van der Waals surface area contributed by atoms with Crippen LogP contribution in [-0.4, -0.2) is 0 Å². The summed E-state index contributed by atoms with van der Waals surface area (Å²) < 4.78 is 0. The first-order chi connectivity index (χ1) is 10.5. The molecule has 0 bridgehead atoms. The van der Waals surface area contributed by atoms with Crippen molar-refractivity contribution in [2.75, 3.05) is 0 Å². The van der Waals surface area contributed by atoms with Crippen LogP contribution < -0.4 is 0 Å². The normalized spacial score (nSPS) is 10.3. The van der Waals surface area contributed by atoms with Crippen LogP contribution in [0.1, 0.15) is 83.4 Å². The lowest BCUT2D eigenvalue weighted by Gasteiger charge is -2.16. The minimum Gasteiger partial charge on any atom is -0.0912 e. The highest BCUT2D eigenvalue weighted by Crippen LogP contribution is 2.33. The van der Waals surface area contributed by atoms with E-state index in [4.69, 9.17) is 0 Å². The molecule has 0 saturated carbocycles. The van der Waals surface area contributed by atoms with Gasteiger partial charge in [-0.15, -0.1) is 0 Å². The van der Waals surface area contributed by atoms with Crippen LogP contribution >= 0.6 is 11.8 Å². The van der Waals surface area contributed by atoms with Crippen molar-refractivity contribution in [2.24, 2.45) is 0 Å². The second-order valence-corrected chi connectivity index (χ2v) is 7.05. The Labute approximate surface area is 141 Å². The Morgan fingerprint density at radius 3 is 2.45 bits per heavy atom. The Morgan fingerprint density at radius 2 is 1.91 bits per heavy atom. The summed E-state index contributed by atoms with van der Waals surface area (Å²) in [5.74, 6) is 3.73. The molecule has 1 aromatic carbocycles. The molecule has 0 saturated heterocycles. The third-order valence-corrected chi connectivity index (χ3v) is 4.78. The van der Waals surface area contributed by atoms with Gasteiger partial charge in [-0.3, -0.25) is 0 Å². The third kappa shape index (κ3) is 5.58. The second-order valence-electron chi connectivity index (χ2n) is 6.24. The molecule has 22 heavy (non-hydrogen) atoms. The van der Waals surface area contributed by atoms with Gasteiger partial charge in [-0.25, -0.2) is 0 Å². The molecule has 1 rings (SSSR count). The van der Waals surface area contributed by atoms with Gasteiger partial charge >= 0.3 is 0 Å². The molecule has 0 radical (unpaired) electrons. The highest BCUT2D eigenvalue weighted by Gasteiger charge is 2.11. The van der Waals surface area contributed by atoms with E-state index >= 15 is 0 Å². The van der Waals surface area contributed by atoms with Crippen LogP contribution in [0.2, 0.25) is 0 Å². The first-order valence-electron chi connectivity index (χ1n) is 8.46. The van der Waals surface area contributed by atoms with E-state index < -0.39 is 0 Å². The molecule has 1 aromatic rings. The van der Waals surface area contributed by atoms with Gasteiger partial charge < -0.3 is 0 Å². The highest BCUT2D eigenvalue weighted by molar-refractivity contribution is 8.12. The highest BCUT2D eigenvalue weighted by atomic mass is 32.2. The van der Waals surface area contributed by atoms with Crippen LogP contribution in [0.3, 0.4) is 0 Å². The van der Waals surface area contributed by atoms with E-state index in [1.54, 1.807) is 11.8 Å². The van der Waals surface area contributed by atoms with E-state index in [0.717, 1.165) is 6.42 Å². The summed E-state index contributed by atoms with van der Waals surface area (Å²) in [4.78, 5) is 1.31. The minimum atomic E-state index is 0.567. The Morgan fingerprint density at radius 1 is 1.18 bits per heavy atom. The average molecular weight is 315 g/mol. The molecule has 0 N–H and O–H groups in total. The zero-order valence-electron chi connectivity index (χ0n) is 15.0. The second kappa shape index (κ2) is 9.80. The quantitative estimate of drug-likeness (QED) is 0.509. The smallest absolute Gasteiger partial charge is 0.0262 e. The molecule has 0 fully saturated rings. The largest absolute Gasteiger partial charge is 0.0912 e. The summed E-state index contributed by atoms with van der Waals surface area (Å²) in [6.45, 7) is 13.3. The van der Waals surface area contributed by atoms with E-state index in [1.165, 1.54) is 46.4 Å². The standard InChI is InChI=1S/C21H30S/c1-7-9-11-18-12-13-19(15-20(18)16(3)4)21(17(5)6)22-14-10-8-2/h12-13,15-16H,7-9,11H2,1-6H3. The van der Waals surface area contributed by atoms with Gasteiger partial charge in [0.25, 0.3) is 0 Å². The van der Waals surface area contributed by atoms with Crippen molar-refractivity contribution >= 4 is 16.7 Å². The van der Waals surface area contributed by atoms with Crippen molar-refractivity contribution in [1.82, 2.24) is 0 Å². The van der Waals surface area contributed by atoms with Gasteiger partial charge in [-0.1, -0.05) is 63.8 Å². The zero-order valence-corrected chi connectivity index (χ0v) is 15.9. The van der Waals surface area contributed by atoms with Gasteiger partial charge in [0.15, 0.2) is 0 Å². The lowest BCUT2D eigenvalue weighted by molar-refractivity contribution is 0.767. The summed E-state index contributed by atoms with van der Waals surface area (Å²) in [7, 11) is 0. The maximum absolute atomic E-state index is 3.22. The van der Waals surface area contributed by atoms with E-state index in [2.05, 4.69) is 70.9 Å². The Balaban J connectivity index is 3.18. The van der Waals surface area contributed by atoms with Crippen molar-refractivity contribution in [2.45, 2.75) is 73.1 Å². The zero-order chi connectivity index (χ0) is 16.5. The molecule has 0 unspecified atom stereocenters. The van der Waals surface area contributed by atoms with E-state index in [-0.39, 0.29) is 0 Å². The monoisotopic (exact) mass is 314 g/mol. The van der Waals surface area contributed by atoms with Crippen LogP contribution in [0.15, 0.2) is 23.8 Å². The van der Waals surface area contributed by atoms with Crippen molar-refractivity contribution in [3.8, 4) is 11.2 Å². The number of rotatable bonds is 6. The predicted molar refractivity (Wildman–Crippen MR) is 103 cm³/mol. The lowest BCUT2D eigenvalue weighted by Crippen LogP contribution is -1.98. The lowest BCUT2D eigenvalue weighted by atomic mass is 9.92. The summed E-state index contributed by atoms with van der Waals surface area (Å²) >= 11 is 1.67. The van der Waals surface area contributed by atoms with Gasteiger partial charge in [0.2, 0.25) is 0 Å². The number of hydrogen-bond acceptors (Lipinski definition) is 1. The van der Waals surface area contributed by atoms with Crippen LogP contribution in [-0.2, 0) is 6.42 Å². The molecule has 0 aliphatic rings. The van der Waals surface area contributed by atoms with Gasteiger partial charge in [-0.05, 0) is 66.3 Å². The first-order valence-corrected chi connectivity index (χ1v) is 9.28. The number of allylic oxidation sites excluding steroid dienone is 1. The number of benzene rings is 1. The third-order valence-electron chi connectivity index (χ3n) is 3.69. The first kappa shape index (κ1) is 18.9. The van der Waals surface area contributed by atoms with Crippen LogP contribution in [0.4, 0.5) is 0 Å². The molecule has 1 heteroatoms. The van der Waals surface area contributed by atoms with Gasteiger partial charge in [0.1, 0.15) is 0 Å². The summed E-state index contributed by atoms with van der Waals surface area (Å²) in [6.07, 6.45) is 4.62. The molecule has 0 spiro atoms. The van der Waals surface area contributed by atoms with Crippen LogP contribution in [0, 0.1) is 11.2 Å². The van der Waals surface area contributed by atoms with Crippen molar-refractivity contribution in [1.29, 1.82) is 0 Å². The molecule has 0 aliphatic heterocycles. The number of aryl methyl sites for hydroxylation is 1. The fraction of sp³-hybridized carbons (Fsp3) is 0.524. The molecular weight excluding hydrogens is 284 g/mol. The number of thioether (sulfide) groups is 1. The van der Waals surface area contributed by atoms with E-state index in [9.17, 15) is 0 Å². The van der Waals surface area contributed by atoms with Crippen LogP contribution in [0.25, 0.3) is 4.91 Å². The topological polar surface area (TPSA) is 0 Å². The molecule has 0 heterocycles. The summed E-state index contributed by atoms with van der Waals surface area (Å²) in [5.41, 5.74) is 5.66. The van der Waals surface area contributed by atoms with Gasteiger partial charge in [-0.2, -0.15) is 0 Å². The van der Waals surface area contributed by atoms with Crippen molar-refractivity contribution < 1.29 is 0 Å². The molecule has 120 valence electrons. The van der Waals surface area contributed by atoms with Gasteiger partial charge in [0, 0.05) is 11.3 Å². The molecule has 0 amide bonds. The van der Waals surface area contributed by atoms with E-state index in [1.807, 2.05) is 0 Å².